The maximum atomic E-state index is 13.1. The number of alkyl halides is 6. The van der Waals surface area contributed by atoms with Crippen LogP contribution in [0.15, 0.2) is 42.5 Å². The number of carboxylic acid groups (broad SMARTS) is 2. The number of hydrogen-bond acceptors (Lipinski definition) is 7. The molecule has 2 heterocycles. The number of carbonyl (C=O) groups excluding carboxylic acids is 1. The Morgan fingerprint density at radius 1 is 0.848 bits per heavy atom. The predicted octanol–water partition coefficient (Wildman–Crippen LogP) is 5.28. The van der Waals surface area contributed by atoms with Gasteiger partial charge in [-0.25, -0.2) is 14.4 Å². The first kappa shape index (κ1) is 37.6. The van der Waals surface area contributed by atoms with Crippen LogP contribution in [0.4, 0.5) is 32.0 Å². The van der Waals surface area contributed by atoms with Crippen LogP contribution in [0.2, 0.25) is 5.02 Å². The number of halogens is 7. The van der Waals surface area contributed by atoms with Crippen LogP contribution in [0.1, 0.15) is 43.2 Å². The number of anilines is 1. The van der Waals surface area contributed by atoms with Crippen molar-refractivity contribution in [1.82, 2.24) is 4.90 Å². The lowest BCUT2D eigenvalue weighted by molar-refractivity contribution is -0.193. The highest BCUT2D eigenvalue weighted by Crippen LogP contribution is 2.30. The van der Waals surface area contributed by atoms with Gasteiger partial charge in [0.1, 0.15) is 23.5 Å². The van der Waals surface area contributed by atoms with Crippen molar-refractivity contribution in [3.05, 3.63) is 58.6 Å². The number of carbonyl (C=O) groups is 3. The Morgan fingerprint density at radius 2 is 1.39 bits per heavy atom. The fourth-order valence-corrected chi connectivity index (χ4v) is 4.59. The SMILES string of the molecule is N=C(N)c1cccc(N2CCCC[C@@H]2C(=O)Oc2ccc(C(=N)N3CCCC3)cc2Cl)c1.O=C(O)C(F)(F)F.O=C(O)C(F)(F)F. The van der Waals surface area contributed by atoms with E-state index in [1.165, 1.54) is 0 Å². The summed E-state index contributed by atoms with van der Waals surface area (Å²) in [5.41, 5.74) is 7.83. The van der Waals surface area contributed by atoms with E-state index in [0.717, 1.165) is 56.6 Å². The number of aliphatic carboxylic acids is 2. The average Bonchev–Trinajstić information content (AvgIpc) is 3.53. The first-order chi connectivity index (χ1) is 21.3. The molecule has 2 aliphatic heterocycles. The van der Waals surface area contributed by atoms with Gasteiger partial charge in [0.2, 0.25) is 0 Å². The van der Waals surface area contributed by atoms with Crippen LogP contribution in [-0.2, 0) is 14.4 Å². The van der Waals surface area contributed by atoms with Crippen molar-refractivity contribution in [3.63, 3.8) is 0 Å². The monoisotopic (exact) mass is 681 g/mol. The third-order valence-electron chi connectivity index (χ3n) is 6.59. The van der Waals surface area contributed by atoms with Crippen LogP contribution < -0.4 is 15.4 Å². The number of piperidine rings is 1. The number of benzene rings is 2. The minimum atomic E-state index is -5.08. The van der Waals surface area contributed by atoms with E-state index in [4.69, 9.17) is 52.7 Å². The molecule has 2 saturated heterocycles. The van der Waals surface area contributed by atoms with Crippen molar-refractivity contribution < 1.29 is 55.7 Å². The Kier molecular flexibility index (Phi) is 13.2. The number of ether oxygens (including phenoxy) is 1. The quantitative estimate of drug-likeness (QED) is 0.0923. The Bertz CT molecular complexity index is 1410. The number of esters is 1. The molecule has 0 aromatic heterocycles. The molecule has 11 nitrogen and oxygen atoms in total. The van der Waals surface area contributed by atoms with E-state index in [1.807, 2.05) is 28.0 Å². The first-order valence-corrected chi connectivity index (χ1v) is 13.9. The summed E-state index contributed by atoms with van der Waals surface area (Å²) < 4.78 is 69.2. The van der Waals surface area contributed by atoms with Gasteiger partial charge in [-0.15, -0.1) is 0 Å². The molecule has 2 aromatic rings. The van der Waals surface area contributed by atoms with Crippen molar-refractivity contribution in [1.29, 1.82) is 10.8 Å². The van der Waals surface area contributed by atoms with E-state index in [-0.39, 0.29) is 11.8 Å². The lowest BCUT2D eigenvalue weighted by atomic mass is 10.0. The van der Waals surface area contributed by atoms with Crippen LogP contribution in [0.3, 0.4) is 0 Å². The smallest absolute Gasteiger partial charge is 0.475 e. The number of nitrogens with two attached hydrogens (primary N) is 1. The predicted molar refractivity (Wildman–Crippen MR) is 155 cm³/mol. The van der Waals surface area contributed by atoms with E-state index in [2.05, 4.69) is 0 Å². The molecule has 6 N–H and O–H groups in total. The molecule has 1 atom stereocenters. The molecule has 2 fully saturated rings. The summed E-state index contributed by atoms with van der Waals surface area (Å²) in [6.45, 7) is 2.49. The minimum absolute atomic E-state index is 0.00523. The van der Waals surface area contributed by atoms with Crippen LogP contribution in [-0.4, -0.2) is 82.7 Å². The fourth-order valence-electron chi connectivity index (χ4n) is 4.37. The number of nitrogens with zero attached hydrogens (tertiary/aromatic N) is 2. The number of nitrogen functional groups attached to an aromatic ring is 1. The maximum Gasteiger partial charge on any atom is 0.490 e. The molecule has 0 radical (unpaired) electrons. The Balaban J connectivity index is 0.000000440. The highest BCUT2D eigenvalue weighted by molar-refractivity contribution is 6.32. The van der Waals surface area contributed by atoms with Crippen LogP contribution in [0.25, 0.3) is 0 Å². The zero-order valence-corrected chi connectivity index (χ0v) is 24.7. The number of nitrogens with one attached hydrogen (secondary N) is 2. The zero-order chi connectivity index (χ0) is 34.8. The molecular formula is C28H30ClF6N5O6. The largest absolute Gasteiger partial charge is 0.490 e. The summed E-state index contributed by atoms with van der Waals surface area (Å²) >= 11 is 6.43. The highest BCUT2D eigenvalue weighted by atomic mass is 35.5. The van der Waals surface area contributed by atoms with E-state index in [9.17, 15) is 31.1 Å². The minimum Gasteiger partial charge on any atom is -0.475 e. The lowest BCUT2D eigenvalue weighted by Gasteiger charge is -2.36. The third kappa shape index (κ3) is 11.1. The molecule has 0 amide bonds. The molecule has 0 spiro atoms. The van der Waals surface area contributed by atoms with E-state index in [1.54, 1.807) is 24.3 Å². The molecule has 0 unspecified atom stereocenters. The van der Waals surface area contributed by atoms with Gasteiger partial charge in [0, 0.05) is 36.4 Å². The van der Waals surface area contributed by atoms with Gasteiger partial charge in [0.05, 0.1) is 5.02 Å². The van der Waals surface area contributed by atoms with Gasteiger partial charge in [-0.2, -0.15) is 26.3 Å². The molecule has 2 aliphatic rings. The number of hydrogen-bond donors (Lipinski definition) is 5. The summed E-state index contributed by atoms with van der Waals surface area (Å²) in [7, 11) is 0. The number of likely N-dealkylation sites (tertiary alicyclic amines) is 1. The van der Waals surface area contributed by atoms with Crippen molar-refractivity contribution in [2.24, 2.45) is 5.73 Å². The van der Waals surface area contributed by atoms with E-state index in [0.29, 0.717) is 28.6 Å². The van der Waals surface area contributed by atoms with Crippen molar-refractivity contribution in [3.8, 4) is 5.75 Å². The molecule has 4 rings (SSSR count). The van der Waals surface area contributed by atoms with Gasteiger partial charge in [0.25, 0.3) is 0 Å². The van der Waals surface area contributed by atoms with Crippen molar-refractivity contribution >= 4 is 46.9 Å². The van der Waals surface area contributed by atoms with Crippen molar-refractivity contribution in [2.45, 2.75) is 50.5 Å². The van der Waals surface area contributed by atoms with Gasteiger partial charge in [-0.3, -0.25) is 10.8 Å². The highest BCUT2D eigenvalue weighted by Gasteiger charge is 2.39. The second-order valence-corrected chi connectivity index (χ2v) is 10.3. The fraction of sp³-hybridized carbons (Fsp3) is 0.393. The van der Waals surface area contributed by atoms with Gasteiger partial charge in [0.15, 0.2) is 0 Å². The number of amidine groups is 2. The van der Waals surface area contributed by atoms with Gasteiger partial charge >= 0.3 is 30.3 Å². The summed E-state index contributed by atoms with van der Waals surface area (Å²) in [4.78, 5) is 35.0. The van der Waals surface area contributed by atoms with Gasteiger partial charge in [-0.1, -0.05) is 23.7 Å². The summed E-state index contributed by atoms with van der Waals surface area (Å²) in [6, 6.07) is 12.1. The Hall–Kier alpha value is -4.54. The number of rotatable bonds is 5. The second-order valence-electron chi connectivity index (χ2n) is 9.88. The van der Waals surface area contributed by atoms with Crippen LogP contribution >= 0.6 is 11.6 Å². The standard InChI is InChI=1S/C24H28ClN5O2.2C2HF3O2/c25-19-15-17(23(28)29-11-3-4-12-29)9-10-21(19)32-24(31)20-8-1-2-13-30(20)18-7-5-6-16(14-18)22(26)27;2*3-2(4,5)1(6)7/h5-7,9-10,14-15,20,28H,1-4,8,11-13H2,(H3,26,27);2*(H,6,7)/t20-;;/m1../s1. The van der Waals surface area contributed by atoms with Gasteiger partial charge < -0.3 is 30.5 Å². The molecule has 0 aliphatic carbocycles. The molecule has 0 bridgehead atoms. The third-order valence-corrected chi connectivity index (χ3v) is 6.88. The van der Waals surface area contributed by atoms with Gasteiger partial charge in [-0.05, 0) is 62.4 Å². The number of carboxylic acids is 2. The van der Waals surface area contributed by atoms with Crippen LogP contribution in [0.5, 0.6) is 5.75 Å². The first-order valence-electron chi connectivity index (χ1n) is 13.5. The molecule has 252 valence electrons. The topological polar surface area (TPSA) is 181 Å². The van der Waals surface area contributed by atoms with E-state index < -0.39 is 30.3 Å². The average molecular weight is 682 g/mol. The van der Waals surface area contributed by atoms with Crippen molar-refractivity contribution in [2.75, 3.05) is 24.5 Å². The summed E-state index contributed by atoms with van der Waals surface area (Å²) in [5.74, 6) is -5.12. The van der Waals surface area contributed by atoms with E-state index >= 15 is 0 Å². The molecule has 2 aromatic carbocycles. The molecule has 46 heavy (non-hydrogen) atoms. The van der Waals surface area contributed by atoms with Crippen LogP contribution in [0, 0.1) is 10.8 Å². The normalized spacial score (nSPS) is 16.3. The second kappa shape index (κ2) is 16.1. The summed E-state index contributed by atoms with van der Waals surface area (Å²) in [6.07, 6.45) is -5.39. The molecule has 18 heteroatoms. The molecular weight excluding hydrogens is 652 g/mol. The Labute approximate surface area is 263 Å². The lowest BCUT2D eigenvalue weighted by Crippen LogP contribution is -2.46. The Morgan fingerprint density at radius 3 is 1.89 bits per heavy atom. The molecule has 0 saturated carbocycles. The summed E-state index contributed by atoms with van der Waals surface area (Å²) in [5, 5.41) is 30.7. The zero-order valence-electron chi connectivity index (χ0n) is 23.9. The maximum absolute atomic E-state index is 13.1.